The smallest absolute Gasteiger partial charge is 0.301 e. The van der Waals surface area contributed by atoms with E-state index in [-0.39, 0.29) is 23.8 Å². The second kappa shape index (κ2) is 7.66. The molecule has 0 unspecified atom stereocenters. The normalized spacial score (nSPS) is 10.9. The number of pyridine rings is 1. The van der Waals surface area contributed by atoms with Gasteiger partial charge >= 0.3 is 5.56 Å². The molecule has 0 saturated heterocycles. The Balaban J connectivity index is 0.00000264. The second-order valence-electron chi connectivity index (χ2n) is 6.02. The molecule has 7 heteroatoms. The molecular weight excluding hydrogens is 316 g/mol. The molecule has 0 atom stereocenters. The SMILES string of the molecule is Cc1c(C)c(O)n(CCCN(C)C)c(=O)c1-n1cc[n+](C)c1.[Cl-]. The molecule has 0 bridgehead atoms. The van der Waals surface area contributed by atoms with Gasteiger partial charge in [-0.05, 0) is 40.9 Å². The highest BCUT2D eigenvalue weighted by molar-refractivity contribution is 5.47. The van der Waals surface area contributed by atoms with Crippen molar-refractivity contribution >= 4 is 0 Å². The first-order chi connectivity index (χ1) is 10.3. The van der Waals surface area contributed by atoms with Gasteiger partial charge in [-0.2, -0.15) is 4.57 Å². The van der Waals surface area contributed by atoms with Crippen LogP contribution in [0, 0.1) is 13.8 Å². The summed E-state index contributed by atoms with van der Waals surface area (Å²) in [6.45, 7) is 5.09. The number of aryl methyl sites for hydroxylation is 1. The Labute approximate surface area is 143 Å². The van der Waals surface area contributed by atoms with Crippen molar-refractivity contribution in [2.45, 2.75) is 26.8 Å². The van der Waals surface area contributed by atoms with Crippen LogP contribution in [0.25, 0.3) is 5.69 Å². The van der Waals surface area contributed by atoms with Crippen molar-refractivity contribution in [2.24, 2.45) is 7.05 Å². The van der Waals surface area contributed by atoms with Crippen LogP contribution in [0.2, 0.25) is 0 Å². The summed E-state index contributed by atoms with van der Waals surface area (Å²) in [4.78, 5) is 14.9. The molecule has 0 aliphatic heterocycles. The zero-order valence-electron chi connectivity index (χ0n) is 14.4. The molecule has 0 fully saturated rings. The third-order valence-electron chi connectivity index (χ3n) is 3.97. The van der Waals surface area contributed by atoms with Gasteiger partial charge in [0.25, 0.3) is 0 Å². The van der Waals surface area contributed by atoms with Crippen molar-refractivity contribution in [1.82, 2.24) is 14.0 Å². The maximum absolute atomic E-state index is 12.8. The highest BCUT2D eigenvalue weighted by atomic mass is 35.5. The number of aromatic nitrogens is 3. The summed E-state index contributed by atoms with van der Waals surface area (Å²) in [5.41, 5.74) is 2.00. The molecule has 0 aromatic carbocycles. The van der Waals surface area contributed by atoms with Crippen LogP contribution in [0.5, 0.6) is 5.88 Å². The lowest BCUT2D eigenvalue weighted by atomic mass is 10.1. The van der Waals surface area contributed by atoms with Gasteiger partial charge in [-0.1, -0.05) is 0 Å². The van der Waals surface area contributed by atoms with Gasteiger partial charge in [-0.15, -0.1) is 0 Å². The molecule has 23 heavy (non-hydrogen) atoms. The minimum absolute atomic E-state index is 0. The van der Waals surface area contributed by atoms with Crippen molar-refractivity contribution in [3.63, 3.8) is 0 Å². The Bertz CT molecular complexity index is 734. The molecule has 0 radical (unpaired) electrons. The fourth-order valence-corrected chi connectivity index (χ4v) is 2.57. The maximum Gasteiger partial charge on any atom is 0.301 e. The van der Waals surface area contributed by atoms with E-state index in [1.54, 1.807) is 0 Å². The highest BCUT2D eigenvalue weighted by Crippen LogP contribution is 2.22. The quantitative estimate of drug-likeness (QED) is 0.625. The topological polar surface area (TPSA) is 54.3 Å². The number of hydrogen-bond acceptors (Lipinski definition) is 3. The Morgan fingerprint density at radius 2 is 1.91 bits per heavy atom. The molecule has 128 valence electrons. The van der Waals surface area contributed by atoms with E-state index >= 15 is 0 Å². The summed E-state index contributed by atoms with van der Waals surface area (Å²) >= 11 is 0. The molecular formula is C16H25ClN4O2. The van der Waals surface area contributed by atoms with Crippen molar-refractivity contribution < 1.29 is 22.1 Å². The number of rotatable bonds is 5. The monoisotopic (exact) mass is 340 g/mol. The van der Waals surface area contributed by atoms with Crippen LogP contribution in [-0.4, -0.2) is 39.8 Å². The van der Waals surface area contributed by atoms with Crippen LogP contribution < -0.4 is 22.5 Å². The number of imidazole rings is 1. The average Bonchev–Trinajstić information content (AvgIpc) is 2.86. The predicted molar refractivity (Wildman–Crippen MR) is 85.5 cm³/mol. The van der Waals surface area contributed by atoms with E-state index in [4.69, 9.17) is 0 Å². The second-order valence-corrected chi connectivity index (χ2v) is 6.02. The first-order valence-electron chi connectivity index (χ1n) is 7.44. The van der Waals surface area contributed by atoms with E-state index in [0.29, 0.717) is 12.2 Å². The fourth-order valence-electron chi connectivity index (χ4n) is 2.57. The lowest BCUT2D eigenvalue weighted by Gasteiger charge is -2.15. The van der Waals surface area contributed by atoms with Crippen molar-refractivity contribution in [1.29, 1.82) is 0 Å². The van der Waals surface area contributed by atoms with Gasteiger partial charge in [-0.3, -0.25) is 9.36 Å². The zero-order chi connectivity index (χ0) is 16.4. The van der Waals surface area contributed by atoms with E-state index in [0.717, 1.165) is 24.1 Å². The van der Waals surface area contributed by atoms with Crippen molar-refractivity contribution in [2.75, 3.05) is 20.6 Å². The number of aromatic hydroxyl groups is 1. The van der Waals surface area contributed by atoms with Crippen LogP contribution in [0.15, 0.2) is 23.5 Å². The third kappa shape index (κ3) is 3.95. The van der Waals surface area contributed by atoms with Crippen LogP contribution in [0.1, 0.15) is 17.5 Å². The molecule has 2 heterocycles. The first kappa shape index (κ1) is 19.3. The highest BCUT2D eigenvalue weighted by Gasteiger charge is 2.21. The van der Waals surface area contributed by atoms with Crippen LogP contribution in [-0.2, 0) is 13.6 Å². The maximum atomic E-state index is 12.8. The van der Waals surface area contributed by atoms with E-state index in [9.17, 15) is 9.90 Å². The Morgan fingerprint density at radius 1 is 1.26 bits per heavy atom. The van der Waals surface area contributed by atoms with Gasteiger partial charge in [0.1, 0.15) is 12.4 Å². The van der Waals surface area contributed by atoms with Crippen LogP contribution >= 0.6 is 0 Å². The lowest BCUT2D eigenvalue weighted by Crippen LogP contribution is -3.00. The Hall–Kier alpha value is -1.79. The van der Waals surface area contributed by atoms with E-state index in [1.165, 1.54) is 4.57 Å². The molecule has 2 aromatic rings. The minimum atomic E-state index is -0.157. The largest absolute Gasteiger partial charge is 1.00 e. The van der Waals surface area contributed by atoms with Gasteiger partial charge in [0.05, 0.1) is 7.05 Å². The third-order valence-corrected chi connectivity index (χ3v) is 3.97. The summed E-state index contributed by atoms with van der Waals surface area (Å²) in [5, 5.41) is 10.3. The zero-order valence-corrected chi connectivity index (χ0v) is 15.1. The Kier molecular flexibility index (Phi) is 6.41. The molecule has 1 N–H and O–H groups in total. The molecule has 0 saturated carbocycles. The van der Waals surface area contributed by atoms with Gasteiger partial charge in [0.15, 0.2) is 5.88 Å². The first-order valence-corrected chi connectivity index (χ1v) is 7.44. The van der Waals surface area contributed by atoms with Crippen molar-refractivity contribution in [3.8, 4) is 11.6 Å². The van der Waals surface area contributed by atoms with Gasteiger partial charge in [0, 0.05) is 17.7 Å². The molecule has 6 nitrogen and oxygen atoms in total. The predicted octanol–water partition coefficient (Wildman–Crippen LogP) is -2.26. The van der Waals surface area contributed by atoms with Gasteiger partial charge in [-0.25, -0.2) is 4.57 Å². The van der Waals surface area contributed by atoms with E-state index < -0.39 is 0 Å². The summed E-state index contributed by atoms with van der Waals surface area (Å²) in [5.74, 6) is 0.0709. The molecule has 0 aliphatic carbocycles. The Morgan fingerprint density at radius 3 is 2.43 bits per heavy atom. The lowest BCUT2D eigenvalue weighted by molar-refractivity contribution is -0.670. The summed E-state index contributed by atoms with van der Waals surface area (Å²) < 4.78 is 5.17. The summed E-state index contributed by atoms with van der Waals surface area (Å²) in [6.07, 6.45) is 6.40. The van der Waals surface area contributed by atoms with Gasteiger partial charge in [0.2, 0.25) is 12.0 Å². The van der Waals surface area contributed by atoms with Gasteiger partial charge < -0.3 is 22.4 Å². The number of halogens is 1. The van der Waals surface area contributed by atoms with Crippen LogP contribution in [0.3, 0.4) is 0 Å². The molecule has 0 aliphatic rings. The number of nitrogens with zero attached hydrogens (tertiary/aromatic N) is 4. The van der Waals surface area contributed by atoms with Crippen molar-refractivity contribution in [3.05, 3.63) is 40.2 Å². The standard InChI is InChI=1S/C16H24N4O2.ClH/c1-12-13(2)15(21)20(8-6-7-17(3)4)16(22)14(12)19-10-9-18(5)11-19;/h9-11H,6-8H2,1-5H3;1H. The molecule has 0 spiro atoms. The fraction of sp³-hybridized carbons (Fsp3) is 0.500. The van der Waals surface area contributed by atoms with E-state index in [1.807, 2.05) is 62.8 Å². The molecule has 0 amide bonds. The number of hydrogen-bond donors (Lipinski definition) is 1. The molecule has 2 rings (SSSR count). The average molecular weight is 341 g/mol. The van der Waals surface area contributed by atoms with E-state index in [2.05, 4.69) is 4.90 Å². The summed E-state index contributed by atoms with van der Waals surface area (Å²) in [6, 6.07) is 0. The summed E-state index contributed by atoms with van der Waals surface area (Å²) in [7, 11) is 5.90. The minimum Gasteiger partial charge on any atom is -1.00 e. The molecule has 2 aromatic heterocycles. The van der Waals surface area contributed by atoms with Crippen LogP contribution in [0.4, 0.5) is 0 Å².